The molecule has 1 unspecified atom stereocenters. The summed E-state index contributed by atoms with van der Waals surface area (Å²) in [5, 5.41) is 16.4. The summed E-state index contributed by atoms with van der Waals surface area (Å²) in [4.78, 5) is 19.2. The van der Waals surface area contributed by atoms with Gasteiger partial charge in [0.05, 0.1) is 23.2 Å². The van der Waals surface area contributed by atoms with Crippen LogP contribution in [0.4, 0.5) is 10.6 Å². The lowest BCUT2D eigenvalue weighted by Gasteiger charge is -2.22. The van der Waals surface area contributed by atoms with E-state index in [2.05, 4.69) is 27.7 Å². The van der Waals surface area contributed by atoms with Gasteiger partial charge in [0.15, 0.2) is 0 Å². The number of carbonyl (C=O) groups excluding carboxylic acids is 1. The molecule has 1 atom stereocenters. The van der Waals surface area contributed by atoms with E-state index in [1.54, 1.807) is 11.3 Å². The molecule has 144 valence electrons. The molecule has 0 saturated carbocycles. The van der Waals surface area contributed by atoms with Gasteiger partial charge in [0, 0.05) is 28.6 Å². The quantitative estimate of drug-likeness (QED) is 0.696. The first kappa shape index (κ1) is 18.5. The van der Waals surface area contributed by atoms with Crippen LogP contribution in [0.1, 0.15) is 32.8 Å². The Hall–Kier alpha value is -2.85. The Morgan fingerprint density at radius 1 is 1.36 bits per heavy atom. The number of anilines is 1. The Labute approximate surface area is 167 Å². The second-order valence-electron chi connectivity index (χ2n) is 8.02. The van der Waals surface area contributed by atoms with Gasteiger partial charge >= 0.3 is 6.09 Å². The maximum Gasteiger partial charge on any atom is 0.407 e. The van der Waals surface area contributed by atoms with Crippen molar-refractivity contribution in [1.29, 1.82) is 5.26 Å². The summed E-state index contributed by atoms with van der Waals surface area (Å²) in [6, 6.07) is 9.94. The molecule has 1 saturated heterocycles. The summed E-state index contributed by atoms with van der Waals surface area (Å²) in [6.07, 6.45) is 0.452. The molecule has 0 aliphatic carbocycles. The molecule has 6 nitrogen and oxygen atoms in total. The van der Waals surface area contributed by atoms with E-state index in [1.807, 2.05) is 39.0 Å². The molecule has 2 aromatic heterocycles. The minimum Gasteiger partial charge on any atom is -0.444 e. The smallest absolute Gasteiger partial charge is 0.407 e. The number of hydrogen-bond acceptors (Lipinski definition) is 6. The monoisotopic (exact) mass is 394 g/mol. The second kappa shape index (κ2) is 6.95. The van der Waals surface area contributed by atoms with Crippen molar-refractivity contribution in [3.05, 3.63) is 35.2 Å². The summed E-state index contributed by atoms with van der Waals surface area (Å²) in [5.41, 5.74) is 0.920. The standard InChI is InChI=1S/C21H22N4O2S/c1-21(2,3)27-20(26)23-14-6-8-25(12-14)19-16-7-9-28-18(16)15-5-4-13(11-22)10-17(15)24-19/h4-5,7,9-10,14H,6,8,12H2,1-3H3,(H,23,26). The van der Waals surface area contributed by atoms with Crippen molar-refractivity contribution < 1.29 is 9.53 Å². The van der Waals surface area contributed by atoms with Gasteiger partial charge in [-0.3, -0.25) is 0 Å². The number of alkyl carbamates (subject to hydrolysis) is 1. The lowest BCUT2D eigenvalue weighted by atomic mass is 10.1. The lowest BCUT2D eigenvalue weighted by molar-refractivity contribution is 0.0509. The fraction of sp³-hybridized carbons (Fsp3) is 0.381. The number of amides is 1. The Kier molecular flexibility index (Phi) is 4.60. The van der Waals surface area contributed by atoms with Crippen molar-refractivity contribution in [3.63, 3.8) is 0 Å². The first-order chi connectivity index (χ1) is 13.3. The van der Waals surface area contributed by atoms with Gasteiger partial charge < -0.3 is 15.0 Å². The Morgan fingerprint density at radius 3 is 2.93 bits per heavy atom. The van der Waals surface area contributed by atoms with Gasteiger partial charge in [-0.1, -0.05) is 6.07 Å². The highest BCUT2D eigenvalue weighted by Crippen LogP contribution is 2.36. The zero-order valence-electron chi connectivity index (χ0n) is 16.2. The molecular formula is C21H22N4O2S. The third kappa shape index (κ3) is 3.60. The summed E-state index contributed by atoms with van der Waals surface area (Å²) < 4.78 is 6.54. The van der Waals surface area contributed by atoms with E-state index in [4.69, 9.17) is 9.72 Å². The topological polar surface area (TPSA) is 78.2 Å². The van der Waals surface area contributed by atoms with Crippen molar-refractivity contribution in [2.45, 2.75) is 38.8 Å². The molecule has 3 heterocycles. The van der Waals surface area contributed by atoms with Gasteiger partial charge in [0.25, 0.3) is 0 Å². The number of pyridine rings is 1. The van der Waals surface area contributed by atoms with Gasteiger partial charge in [0.2, 0.25) is 0 Å². The molecule has 4 rings (SSSR count). The second-order valence-corrected chi connectivity index (χ2v) is 8.94. The highest BCUT2D eigenvalue weighted by molar-refractivity contribution is 7.18. The number of ether oxygens (including phenoxy) is 1. The first-order valence-electron chi connectivity index (χ1n) is 9.29. The van der Waals surface area contributed by atoms with E-state index in [0.717, 1.165) is 35.1 Å². The summed E-state index contributed by atoms with van der Waals surface area (Å²) >= 11 is 1.68. The van der Waals surface area contributed by atoms with E-state index >= 15 is 0 Å². The SMILES string of the molecule is CC(C)(C)OC(=O)NC1CCN(c2nc3cc(C#N)ccc3c3sccc23)C1. The summed E-state index contributed by atoms with van der Waals surface area (Å²) in [6.45, 7) is 7.06. The number of rotatable bonds is 2. The van der Waals surface area contributed by atoms with Crippen LogP contribution in [0.15, 0.2) is 29.6 Å². The van der Waals surface area contributed by atoms with Crippen molar-refractivity contribution in [2.75, 3.05) is 18.0 Å². The largest absolute Gasteiger partial charge is 0.444 e. The van der Waals surface area contributed by atoms with Gasteiger partial charge in [-0.05, 0) is 50.8 Å². The normalized spacial score (nSPS) is 17.1. The number of hydrogen-bond donors (Lipinski definition) is 1. The molecule has 1 fully saturated rings. The molecule has 1 aliphatic rings. The Balaban J connectivity index is 1.61. The average Bonchev–Trinajstić information content (AvgIpc) is 3.28. The van der Waals surface area contributed by atoms with Crippen LogP contribution in [-0.2, 0) is 4.74 Å². The summed E-state index contributed by atoms with van der Waals surface area (Å²) in [7, 11) is 0. The van der Waals surface area contributed by atoms with Crippen LogP contribution < -0.4 is 10.2 Å². The molecule has 1 N–H and O–H groups in total. The van der Waals surface area contributed by atoms with Crippen molar-refractivity contribution in [2.24, 2.45) is 0 Å². The molecule has 1 amide bonds. The lowest BCUT2D eigenvalue weighted by Crippen LogP contribution is -2.40. The molecule has 0 bridgehead atoms. The van der Waals surface area contributed by atoms with Crippen LogP contribution in [0, 0.1) is 11.3 Å². The fourth-order valence-corrected chi connectivity index (χ4v) is 4.47. The maximum atomic E-state index is 12.1. The predicted octanol–water partition coefficient (Wildman–Crippen LogP) is 4.42. The van der Waals surface area contributed by atoms with E-state index in [9.17, 15) is 10.1 Å². The van der Waals surface area contributed by atoms with Gasteiger partial charge in [-0.25, -0.2) is 9.78 Å². The number of nitrogens with one attached hydrogen (secondary N) is 1. The zero-order valence-corrected chi connectivity index (χ0v) is 17.0. The van der Waals surface area contributed by atoms with Crippen molar-refractivity contribution >= 4 is 44.2 Å². The number of thiophene rings is 1. The van der Waals surface area contributed by atoms with Crippen LogP contribution in [0.5, 0.6) is 0 Å². The fourth-order valence-electron chi connectivity index (χ4n) is 3.54. The minimum absolute atomic E-state index is 0.0199. The molecule has 7 heteroatoms. The predicted molar refractivity (Wildman–Crippen MR) is 112 cm³/mol. The highest BCUT2D eigenvalue weighted by atomic mass is 32.1. The van der Waals surface area contributed by atoms with E-state index < -0.39 is 5.60 Å². The van der Waals surface area contributed by atoms with Crippen LogP contribution >= 0.6 is 11.3 Å². The summed E-state index contributed by atoms with van der Waals surface area (Å²) in [5.74, 6) is 0.910. The van der Waals surface area contributed by atoms with E-state index in [-0.39, 0.29) is 12.1 Å². The first-order valence-corrected chi connectivity index (χ1v) is 10.2. The Bertz CT molecular complexity index is 1090. The van der Waals surface area contributed by atoms with E-state index in [1.165, 1.54) is 4.70 Å². The zero-order chi connectivity index (χ0) is 19.9. The van der Waals surface area contributed by atoms with E-state index in [0.29, 0.717) is 12.1 Å². The van der Waals surface area contributed by atoms with Crippen LogP contribution in [0.2, 0.25) is 0 Å². The van der Waals surface area contributed by atoms with Gasteiger partial charge in [0.1, 0.15) is 11.4 Å². The number of nitrogens with zero attached hydrogens (tertiary/aromatic N) is 3. The van der Waals surface area contributed by atoms with Crippen molar-refractivity contribution in [1.82, 2.24) is 10.3 Å². The molecule has 1 aromatic carbocycles. The number of nitriles is 1. The highest BCUT2D eigenvalue weighted by Gasteiger charge is 2.28. The van der Waals surface area contributed by atoms with Gasteiger partial charge in [-0.15, -0.1) is 11.3 Å². The molecule has 0 spiro atoms. The van der Waals surface area contributed by atoms with Crippen LogP contribution in [-0.4, -0.2) is 35.8 Å². The third-order valence-electron chi connectivity index (χ3n) is 4.71. The molecule has 3 aromatic rings. The molecule has 0 radical (unpaired) electrons. The van der Waals surface area contributed by atoms with Crippen LogP contribution in [0.3, 0.4) is 0 Å². The number of benzene rings is 1. The number of aromatic nitrogens is 1. The molecular weight excluding hydrogens is 372 g/mol. The Morgan fingerprint density at radius 2 is 2.18 bits per heavy atom. The number of fused-ring (bicyclic) bond motifs is 3. The van der Waals surface area contributed by atoms with Gasteiger partial charge in [-0.2, -0.15) is 5.26 Å². The molecule has 1 aliphatic heterocycles. The third-order valence-corrected chi connectivity index (χ3v) is 5.66. The number of carbonyl (C=O) groups is 1. The van der Waals surface area contributed by atoms with Crippen LogP contribution in [0.25, 0.3) is 21.0 Å². The molecule has 28 heavy (non-hydrogen) atoms. The minimum atomic E-state index is -0.510. The average molecular weight is 395 g/mol. The van der Waals surface area contributed by atoms with Crippen molar-refractivity contribution in [3.8, 4) is 6.07 Å². The maximum absolute atomic E-state index is 12.1.